The van der Waals surface area contributed by atoms with E-state index in [9.17, 15) is 4.79 Å². The molecule has 0 aliphatic rings. The first-order chi connectivity index (χ1) is 14.5. The van der Waals surface area contributed by atoms with Gasteiger partial charge in [-0.3, -0.25) is 4.79 Å². The van der Waals surface area contributed by atoms with E-state index in [0.29, 0.717) is 39.5 Å². The minimum absolute atomic E-state index is 0.0962. The summed E-state index contributed by atoms with van der Waals surface area (Å²) < 4.78 is 23.2. The van der Waals surface area contributed by atoms with E-state index < -0.39 is 0 Å². The van der Waals surface area contributed by atoms with Crippen LogP contribution in [0.5, 0.6) is 23.0 Å². The van der Waals surface area contributed by atoms with Crippen molar-refractivity contribution >= 4 is 17.5 Å². The van der Waals surface area contributed by atoms with Crippen molar-refractivity contribution in [3.63, 3.8) is 0 Å². The lowest BCUT2D eigenvalue weighted by atomic mass is 10.1. The van der Waals surface area contributed by atoms with Crippen LogP contribution in [0.25, 0.3) is 11.4 Å². The Balaban J connectivity index is 1.80. The van der Waals surface area contributed by atoms with E-state index in [4.69, 9.17) is 18.9 Å². The molecule has 8 nitrogen and oxygen atoms in total. The average molecular weight is 429 g/mol. The Morgan fingerprint density at radius 3 is 2.17 bits per heavy atom. The van der Waals surface area contributed by atoms with Crippen LogP contribution in [-0.2, 0) is 7.05 Å². The fourth-order valence-electron chi connectivity index (χ4n) is 2.96. The maximum Gasteiger partial charge on any atom is 0.203 e. The summed E-state index contributed by atoms with van der Waals surface area (Å²) in [6, 6.07) is 10.9. The number of ketones is 1. The molecule has 9 heteroatoms. The minimum atomic E-state index is -0.0962. The summed E-state index contributed by atoms with van der Waals surface area (Å²) >= 11 is 1.30. The number of Topliss-reactive ketones (excluding diaryl/α,β-unsaturated/α-hetero) is 1. The van der Waals surface area contributed by atoms with Gasteiger partial charge in [0.05, 0.1) is 39.8 Å². The second-order valence-electron chi connectivity index (χ2n) is 6.19. The Kier molecular flexibility index (Phi) is 6.83. The van der Waals surface area contributed by atoms with Crippen molar-refractivity contribution in [1.29, 1.82) is 0 Å². The lowest BCUT2D eigenvalue weighted by Crippen LogP contribution is -2.06. The second kappa shape index (κ2) is 9.53. The zero-order valence-electron chi connectivity index (χ0n) is 17.5. The van der Waals surface area contributed by atoms with Gasteiger partial charge in [-0.05, 0) is 24.3 Å². The number of benzene rings is 2. The highest BCUT2D eigenvalue weighted by atomic mass is 32.2. The number of hydrogen-bond acceptors (Lipinski definition) is 8. The molecule has 2 aromatic carbocycles. The van der Waals surface area contributed by atoms with Crippen LogP contribution in [0.4, 0.5) is 0 Å². The monoisotopic (exact) mass is 429 g/mol. The molecule has 30 heavy (non-hydrogen) atoms. The second-order valence-corrected chi connectivity index (χ2v) is 7.13. The van der Waals surface area contributed by atoms with Gasteiger partial charge in [0.2, 0.25) is 5.75 Å². The van der Waals surface area contributed by atoms with Crippen LogP contribution in [-0.4, -0.2) is 54.7 Å². The molecule has 1 heterocycles. The van der Waals surface area contributed by atoms with Gasteiger partial charge < -0.3 is 23.5 Å². The molecule has 158 valence electrons. The van der Waals surface area contributed by atoms with Gasteiger partial charge in [0.25, 0.3) is 0 Å². The van der Waals surface area contributed by atoms with E-state index in [2.05, 4.69) is 10.2 Å². The number of ether oxygens (including phenoxy) is 4. The van der Waals surface area contributed by atoms with Gasteiger partial charge in [0, 0.05) is 12.6 Å². The first-order valence-electron chi connectivity index (χ1n) is 9.02. The van der Waals surface area contributed by atoms with E-state index in [-0.39, 0.29) is 11.5 Å². The van der Waals surface area contributed by atoms with Crippen LogP contribution in [0.3, 0.4) is 0 Å². The van der Waals surface area contributed by atoms with Gasteiger partial charge in [-0.15, -0.1) is 10.2 Å². The first-order valence-corrected chi connectivity index (χ1v) is 10.0. The average Bonchev–Trinajstić information content (AvgIpc) is 3.16. The van der Waals surface area contributed by atoms with Gasteiger partial charge >= 0.3 is 0 Å². The largest absolute Gasteiger partial charge is 0.496 e. The zero-order valence-corrected chi connectivity index (χ0v) is 18.3. The third-order valence-corrected chi connectivity index (χ3v) is 5.52. The summed E-state index contributed by atoms with van der Waals surface area (Å²) in [6.07, 6.45) is 0. The van der Waals surface area contributed by atoms with E-state index in [1.807, 2.05) is 35.9 Å². The van der Waals surface area contributed by atoms with Crippen molar-refractivity contribution in [2.24, 2.45) is 7.05 Å². The van der Waals surface area contributed by atoms with Crippen molar-refractivity contribution in [1.82, 2.24) is 14.8 Å². The molecule has 0 bridgehead atoms. The van der Waals surface area contributed by atoms with E-state index in [0.717, 1.165) is 5.56 Å². The molecule has 0 radical (unpaired) electrons. The maximum atomic E-state index is 12.8. The highest BCUT2D eigenvalue weighted by molar-refractivity contribution is 7.99. The van der Waals surface area contributed by atoms with Gasteiger partial charge in [0.15, 0.2) is 28.3 Å². The van der Waals surface area contributed by atoms with E-state index in [1.165, 1.54) is 33.1 Å². The maximum absolute atomic E-state index is 12.8. The molecule has 0 aliphatic heterocycles. The van der Waals surface area contributed by atoms with Crippen LogP contribution in [0.2, 0.25) is 0 Å². The molecule has 3 rings (SSSR count). The van der Waals surface area contributed by atoms with Crippen LogP contribution in [0, 0.1) is 0 Å². The Hall–Kier alpha value is -3.20. The predicted octanol–water partition coefficient (Wildman–Crippen LogP) is 3.49. The van der Waals surface area contributed by atoms with Crippen molar-refractivity contribution in [2.75, 3.05) is 34.2 Å². The summed E-state index contributed by atoms with van der Waals surface area (Å²) in [5.41, 5.74) is 1.29. The summed E-state index contributed by atoms with van der Waals surface area (Å²) in [5.74, 6) is 2.76. The molecule has 0 amide bonds. The number of rotatable bonds is 9. The Morgan fingerprint density at radius 2 is 1.57 bits per heavy atom. The molecule has 0 aliphatic carbocycles. The topological polar surface area (TPSA) is 84.7 Å². The Labute approximate surface area is 179 Å². The van der Waals surface area contributed by atoms with Crippen molar-refractivity contribution in [2.45, 2.75) is 5.16 Å². The molecule has 0 saturated carbocycles. The van der Waals surface area contributed by atoms with Gasteiger partial charge in [-0.1, -0.05) is 23.9 Å². The van der Waals surface area contributed by atoms with Crippen molar-refractivity contribution in [3.8, 4) is 34.4 Å². The molecule has 0 unspecified atom stereocenters. The summed E-state index contributed by atoms with van der Waals surface area (Å²) in [6.45, 7) is 0. The zero-order chi connectivity index (χ0) is 21.7. The SMILES string of the molecule is COc1ccccc1-c1nnc(SCC(=O)c2cc(OC)c(OC)c(OC)c2)n1C. The number of aromatic nitrogens is 3. The third kappa shape index (κ3) is 4.20. The lowest BCUT2D eigenvalue weighted by molar-refractivity contribution is 0.102. The number of para-hydroxylation sites is 1. The van der Waals surface area contributed by atoms with Gasteiger partial charge in [0.1, 0.15) is 5.75 Å². The number of methoxy groups -OCH3 is 4. The smallest absolute Gasteiger partial charge is 0.203 e. The number of thioether (sulfide) groups is 1. The Morgan fingerprint density at radius 1 is 0.933 bits per heavy atom. The number of carbonyl (C=O) groups excluding carboxylic acids is 1. The molecule has 1 aromatic heterocycles. The fourth-order valence-corrected chi connectivity index (χ4v) is 3.77. The first kappa shape index (κ1) is 21.5. The molecule has 0 N–H and O–H groups in total. The quantitative estimate of drug-likeness (QED) is 0.378. The van der Waals surface area contributed by atoms with Gasteiger partial charge in [-0.2, -0.15) is 0 Å². The highest BCUT2D eigenvalue weighted by Crippen LogP contribution is 2.38. The number of carbonyl (C=O) groups is 1. The molecule has 0 atom stereocenters. The van der Waals surface area contributed by atoms with Crippen molar-refractivity contribution in [3.05, 3.63) is 42.0 Å². The normalized spacial score (nSPS) is 10.6. The predicted molar refractivity (Wildman–Crippen MR) is 114 cm³/mol. The van der Waals surface area contributed by atoms with Crippen LogP contribution in [0.15, 0.2) is 41.6 Å². The molecular formula is C21H23N3O5S. The molecule has 0 fully saturated rings. The summed E-state index contributed by atoms with van der Waals surface area (Å²) in [4.78, 5) is 12.8. The minimum Gasteiger partial charge on any atom is -0.496 e. The molecule has 0 spiro atoms. The van der Waals surface area contributed by atoms with Crippen molar-refractivity contribution < 1.29 is 23.7 Å². The van der Waals surface area contributed by atoms with Crippen LogP contribution < -0.4 is 18.9 Å². The molecule has 0 saturated heterocycles. The standard InChI is InChI=1S/C21H23N3O5S/c1-24-20(14-8-6-7-9-16(14)26-2)22-23-21(24)30-12-15(25)13-10-17(27-3)19(29-5)18(11-13)28-4/h6-11H,12H2,1-5H3. The van der Waals surface area contributed by atoms with Crippen LogP contribution in [0.1, 0.15) is 10.4 Å². The lowest BCUT2D eigenvalue weighted by Gasteiger charge is -2.13. The summed E-state index contributed by atoms with van der Waals surface area (Å²) in [5, 5.41) is 9.12. The fraction of sp³-hybridized carbons (Fsp3) is 0.286. The summed E-state index contributed by atoms with van der Waals surface area (Å²) in [7, 11) is 8.01. The molecule has 3 aromatic rings. The van der Waals surface area contributed by atoms with Crippen LogP contribution >= 0.6 is 11.8 Å². The third-order valence-electron chi connectivity index (χ3n) is 4.50. The number of nitrogens with zero attached hydrogens (tertiary/aromatic N) is 3. The van der Waals surface area contributed by atoms with Gasteiger partial charge in [-0.25, -0.2) is 0 Å². The Bertz CT molecular complexity index is 1030. The van der Waals surface area contributed by atoms with E-state index in [1.54, 1.807) is 19.2 Å². The molecular weight excluding hydrogens is 406 g/mol. The highest BCUT2D eigenvalue weighted by Gasteiger charge is 2.19. The number of hydrogen-bond donors (Lipinski definition) is 0. The van der Waals surface area contributed by atoms with E-state index >= 15 is 0 Å².